The zero-order valence-corrected chi connectivity index (χ0v) is 13.7. The van der Waals surface area contributed by atoms with Crippen LogP contribution in [0.25, 0.3) is 0 Å². The first-order valence-corrected chi connectivity index (χ1v) is 7.99. The molecule has 0 saturated carbocycles. The van der Waals surface area contributed by atoms with Crippen molar-refractivity contribution in [2.45, 2.75) is 38.3 Å². The Morgan fingerprint density at radius 1 is 1.21 bits per heavy atom. The topological polar surface area (TPSA) is 84.5 Å². The van der Waals surface area contributed by atoms with Crippen molar-refractivity contribution < 1.29 is 19.1 Å². The molecule has 1 aromatic rings. The Labute approximate surface area is 141 Å². The minimum absolute atomic E-state index is 0.0222. The highest BCUT2D eigenvalue weighted by molar-refractivity contribution is 5.83. The molecule has 0 unspecified atom stereocenters. The molecule has 128 valence electrons. The molecule has 1 aliphatic rings. The number of carbonyl (C=O) groups excluding carboxylic acids is 3. The number of esters is 1. The van der Waals surface area contributed by atoms with Crippen LogP contribution in [0, 0.1) is 0 Å². The first kappa shape index (κ1) is 17.7. The van der Waals surface area contributed by atoms with E-state index in [1.54, 1.807) is 6.08 Å². The molecule has 24 heavy (non-hydrogen) atoms. The average molecular weight is 330 g/mol. The summed E-state index contributed by atoms with van der Waals surface area (Å²) >= 11 is 0. The maximum Gasteiger partial charge on any atom is 0.329 e. The van der Waals surface area contributed by atoms with Gasteiger partial charge in [0.25, 0.3) is 0 Å². The predicted octanol–water partition coefficient (Wildman–Crippen LogP) is 1.63. The van der Waals surface area contributed by atoms with Gasteiger partial charge in [0.2, 0.25) is 11.8 Å². The standard InChI is InChI=1S/C18H22N2O4/c1-13(21)19-15-10-6-3-7-11-17(22)20-16(12-24-18(15)23)14-8-4-2-5-9-14/h2-6,8-9,15-16H,7,10-12H2,1H3,(H,19,21)(H,20,22)/b6-3+/t15-,16-/m1/s1. The summed E-state index contributed by atoms with van der Waals surface area (Å²) in [5.41, 5.74) is 0.863. The summed E-state index contributed by atoms with van der Waals surface area (Å²) in [6.07, 6.45) is 4.90. The summed E-state index contributed by atoms with van der Waals surface area (Å²) < 4.78 is 5.34. The van der Waals surface area contributed by atoms with Crippen molar-refractivity contribution in [1.29, 1.82) is 0 Å². The first-order valence-electron chi connectivity index (χ1n) is 7.99. The average Bonchev–Trinajstić information content (AvgIpc) is 2.56. The fraction of sp³-hybridized carbons (Fsp3) is 0.389. The van der Waals surface area contributed by atoms with Crippen molar-refractivity contribution in [2.24, 2.45) is 0 Å². The molecule has 0 fully saturated rings. The molecule has 0 spiro atoms. The van der Waals surface area contributed by atoms with Gasteiger partial charge in [0, 0.05) is 13.3 Å². The monoisotopic (exact) mass is 330 g/mol. The smallest absolute Gasteiger partial charge is 0.329 e. The number of ether oxygens (including phenoxy) is 1. The van der Waals surface area contributed by atoms with Crippen molar-refractivity contribution in [3.05, 3.63) is 48.0 Å². The molecule has 1 aromatic carbocycles. The van der Waals surface area contributed by atoms with Crippen LogP contribution in [-0.4, -0.2) is 30.4 Å². The van der Waals surface area contributed by atoms with Crippen LogP contribution in [-0.2, 0) is 19.1 Å². The van der Waals surface area contributed by atoms with Crippen LogP contribution in [0.1, 0.15) is 37.8 Å². The highest BCUT2D eigenvalue weighted by Crippen LogP contribution is 2.15. The number of rotatable bonds is 2. The SMILES string of the molecule is CC(=O)N[C@@H]1C/C=C/CCC(=O)N[C@@H](c2ccccc2)COC1=O. The van der Waals surface area contributed by atoms with Gasteiger partial charge in [-0.2, -0.15) is 0 Å². The second-order valence-corrected chi connectivity index (χ2v) is 5.66. The molecular formula is C18H22N2O4. The van der Waals surface area contributed by atoms with Gasteiger partial charge in [-0.15, -0.1) is 0 Å². The van der Waals surface area contributed by atoms with Gasteiger partial charge < -0.3 is 15.4 Å². The summed E-state index contributed by atoms with van der Waals surface area (Å²) in [4.78, 5) is 35.5. The van der Waals surface area contributed by atoms with Crippen molar-refractivity contribution in [3.8, 4) is 0 Å². The number of nitrogens with one attached hydrogen (secondary N) is 2. The van der Waals surface area contributed by atoms with E-state index >= 15 is 0 Å². The van der Waals surface area contributed by atoms with E-state index in [0.29, 0.717) is 19.3 Å². The lowest BCUT2D eigenvalue weighted by atomic mass is 10.1. The van der Waals surface area contributed by atoms with Crippen LogP contribution in [0.2, 0.25) is 0 Å². The zero-order valence-electron chi connectivity index (χ0n) is 13.7. The van der Waals surface area contributed by atoms with Crippen LogP contribution in [0.15, 0.2) is 42.5 Å². The van der Waals surface area contributed by atoms with E-state index in [1.807, 2.05) is 36.4 Å². The Morgan fingerprint density at radius 3 is 2.67 bits per heavy atom. The van der Waals surface area contributed by atoms with E-state index in [4.69, 9.17) is 4.74 Å². The van der Waals surface area contributed by atoms with Gasteiger partial charge >= 0.3 is 5.97 Å². The Kier molecular flexibility index (Phi) is 6.54. The summed E-state index contributed by atoms with van der Waals surface area (Å²) in [5, 5.41) is 5.48. The normalized spacial score (nSPS) is 23.9. The predicted molar refractivity (Wildman–Crippen MR) is 88.9 cm³/mol. The molecule has 0 saturated heterocycles. The fourth-order valence-corrected chi connectivity index (χ4v) is 2.46. The molecule has 1 heterocycles. The number of cyclic esters (lactones) is 1. The van der Waals surface area contributed by atoms with Crippen LogP contribution in [0.5, 0.6) is 0 Å². The maximum absolute atomic E-state index is 12.2. The van der Waals surface area contributed by atoms with E-state index in [-0.39, 0.29) is 18.4 Å². The van der Waals surface area contributed by atoms with Crippen molar-refractivity contribution >= 4 is 17.8 Å². The van der Waals surface area contributed by atoms with Gasteiger partial charge in [-0.1, -0.05) is 42.5 Å². The third-order valence-electron chi connectivity index (χ3n) is 3.67. The molecule has 2 atom stereocenters. The Balaban J connectivity index is 2.15. The summed E-state index contributed by atoms with van der Waals surface area (Å²) in [7, 11) is 0. The van der Waals surface area contributed by atoms with E-state index in [0.717, 1.165) is 5.56 Å². The molecule has 0 radical (unpaired) electrons. The quantitative estimate of drug-likeness (QED) is 0.638. The molecular weight excluding hydrogens is 308 g/mol. The first-order chi connectivity index (χ1) is 11.6. The largest absolute Gasteiger partial charge is 0.462 e. The van der Waals surface area contributed by atoms with E-state index < -0.39 is 18.1 Å². The van der Waals surface area contributed by atoms with E-state index in [2.05, 4.69) is 10.6 Å². The summed E-state index contributed by atoms with van der Waals surface area (Å²) in [6.45, 7) is 1.38. The lowest BCUT2D eigenvalue weighted by molar-refractivity contribution is -0.148. The van der Waals surface area contributed by atoms with Crippen LogP contribution >= 0.6 is 0 Å². The molecule has 2 rings (SSSR count). The lowest BCUT2D eigenvalue weighted by Gasteiger charge is -2.22. The van der Waals surface area contributed by atoms with Crippen LogP contribution in [0.3, 0.4) is 0 Å². The molecule has 6 nitrogen and oxygen atoms in total. The molecule has 1 aliphatic heterocycles. The highest BCUT2D eigenvalue weighted by Gasteiger charge is 2.23. The molecule has 0 aromatic heterocycles. The number of hydrogen-bond donors (Lipinski definition) is 2. The molecule has 2 N–H and O–H groups in total. The minimum atomic E-state index is -0.717. The van der Waals surface area contributed by atoms with Crippen molar-refractivity contribution in [2.75, 3.05) is 6.61 Å². The van der Waals surface area contributed by atoms with Gasteiger partial charge in [-0.25, -0.2) is 4.79 Å². The van der Waals surface area contributed by atoms with Crippen molar-refractivity contribution in [1.82, 2.24) is 10.6 Å². The molecule has 6 heteroatoms. The Hall–Kier alpha value is -2.63. The third kappa shape index (κ3) is 5.53. The van der Waals surface area contributed by atoms with Gasteiger partial charge in [0.1, 0.15) is 12.6 Å². The zero-order chi connectivity index (χ0) is 17.4. The minimum Gasteiger partial charge on any atom is -0.462 e. The number of carbonyl (C=O) groups is 3. The number of amides is 2. The van der Waals surface area contributed by atoms with Crippen molar-refractivity contribution in [3.63, 3.8) is 0 Å². The Morgan fingerprint density at radius 2 is 1.96 bits per heavy atom. The van der Waals surface area contributed by atoms with Gasteiger partial charge in [-0.05, 0) is 18.4 Å². The van der Waals surface area contributed by atoms with Gasteiger partial charge in [-0.3, -0.25) is 9.59 Å². The number of benzene rings is 1. The Bertz CT molecular complexity index is 613. The second-order valence-electron chi connectivity index (χ2n) is 5.66. The third-order valence-corrected chi connectivity index (χ3v) is 3.67. The van der Waals surface area contributed by atoms with Gasteiger partial charge in [0.05, 0.1) is 6.04 Å². The van der Waals surface area contributed by atoms with Gasteiger partial charge in [0.15, 0.2) is 0 Å². The van der Waals surface area contributed by atoms with Crippen LogP contribution < -0.4 is 10.6 Å². The number of allylic oxidation sites excluding steroid dienone is 1. The highest BCUT2D eigenvalue weighted by atomic mass is 16.5. The molecule has 0 bridgehead atoms. The molecule has 2 amide bonds. The van der Waals surface area contributed by atoms with E-state index in [9.17, 15) is 14.4 Å². The summed E-state index contributed by atoms with van der Waals surface area (Å²) in [6, 6.07) is 8.22. The van der Waals surface area contributed by atoms with E-state index in [1.165, 1.54) is 6.92 Å². The number of hydrogen-bond acceptors (Lipinski definition) is 4. The summed E-state index contributed by atoms with van der Waals surface area (Å²) in [5.74, 6) is -0.889. The maximum atomic E-state index is 12.2. The molecule has 0 aliphatic carbocycles. The second kappa shape index (κ2) is 8.86. The van der Waals surface area contributed by atoms with Crippen LogP contribution in [0.4, 0.5) is 0 Å². The fourth-order valence-electron chi connectivity index (χ4n) is 2.46. The lowest BCUT2D eigenvalue weighted by Crippen LogP contribution is -2.42.